The molecule has 2 aromatic rings. The Bertz CT molecular complexity index is 776. The van der Waals surface area contributed by atoms with Crippen molar-refractivity contribution in [2.75, 3.05) is 26.4 Å². The minimum absolute atomic E-state index is 0.578. The van der Waals surface area contributed by atoms with Crippen LogP contribution < -0.4 is 10.6 Å². The van der Waals surface area contributed by atoms with E-state index in [2.05, 4.69) is 82.5 Å². The van der Waals surface area contributed by atoms with E-state index in [0.717, 1.165) is 55.8 Å². The van der Waals surface area contributed by atoms with Crippen LogP contribution in [0.1, 0.15) is 42.8 Å². The summed E-state index contributed by atoms with van der Waals surface area (Å²) < 4.78 is 2.26. The van der Waals surface area contributed by atoms with Crippen molar-refractivity contribution in [1.82, 2.24) is 25.4 Å². The summed E-state index contributed by atoms with van der Waals surface area (Å²) in [5.41, 5.74) is 3.99. The highest BCUT2D eigenvalue weighted by molar-refractivity contribution is 7.98. The summed E-state index contributed by atoms with van der Waals surface area (Å²) in [6, 6.07) is 6.71. The third-order valence-corrected chi connectivity index (χ3v) is 5.27. The minimum atomic E-state index is 0.578. The number of hydrogen-bond donors (Lipinski definition) is 2. The Morgan fingerprint density at radius 1 is 1.07 bits per heavy atom. The third kappa shape index (κ3) is 7.72. The molecule has 0 spiro atoms. The van der Waals surface area contributed by atoms with Gasteiger partial charge < -0.3 is 15.2 Å². The molecule has 0 radical (unpaired) electrons. The lowest BCUT2D eigenvalue weighted by molar-refractivity contribution is 0.477. The first kappa shape index (κ1) is 23.3. The lowest BCUT2D eigenvalue weighted by Crippen LogP contribution is -2.38. The lowest BCUT2D eigenvalue weighted by atomic mass is 10.1. The van der Waals surface area contributed by atoms with Gasteiger partial charge in [0.1, 0.15) is 5.82 Å². The SMILES string of the molecule is CN=C(NCCCc1nnc(SC)n1CC(C)C)NCCc1cc(C)cc(C)c1. The zero-order valence-corrected chi connectivity index (χ0v) is 19.6. The average Bonchev–Trinajstić information content (AvgIpc) is 3.03. The van der Waals surface area contributed by atoms with Gasteiger partial charge in [0.05, 0.1) is 0 Å². The fourth-order valence-corrected chi connectivity index (χ4v) is 3.94. The molecule has 29 heavy (non-hydrogen) atoms. The topological polar surface area (TPSA) is 67.1 Å². The summed E-state index contributed by atoms with van der Waals surface area (Å²) in [5.74, 6) is 2.50. The van der Waals surface area contributed by atoms with Crippen LogP contribution in [0.2, 0.25) is 0 Å². The maximum absolute atomic E-state index is 4.39. The number of aromatic nitrogens is 3. The zero-order chi connectivity index (χ0) is 21.2. The minimum Gasteiger partial charge on any atom is -0.356 e. The van der Waals surface area contributed by atoms with Crippen LogP contribution in [-0.4, -0.2) is 47.1 Å². The van der Waals surface area contributed by atoms with Crippen LogP contribution in [0.5, 0.6) is 0 Å². The Morgan fingerprint density at radius 2 is 1.76 bits per heavy atom. The van der Waals surface area contributed by atoms with Gasteiger partial charge in [-0.05, 0) is 44.4 Å². The Labute approximate surface area is 180 Å². The van der Waals surface area contributed by atoms with Gasteiger partial charge in [-0.15, -0.1) is 10.2 Å². The average molecular weight is 417 g/mol. The monoisotopic (exact) mass is 416 g/mol. The van der Waals surface area contributed by atoms with Crippen LogP contribution in [0.3, 0.4) is 0 Å². The van der Waals surface area contributed by atoms with Crippen molar-refractivity contribution in [3.63, 3.8) is 0 Å². The van der Waals surface area contributed by atoms with Gasteiger partial charge in [0.2, 0.25) is 0 Å². The molecule has 0 bridgehead atoms. The maximum atomic E-state index is 4.39. The number of aryl methyl sites for hydroxylation is 3. The summed E-state index contributed by atoms with van der Waals surface area (Å²) in [4.78, 5) is 4.33. The summed E-state index contributed by atoms with van der Waals surface area (Å²) >= 11 is 1.66. The van der Waals surface area contributed by atoms with Gasteiger partial charge in [-0.1, -0.05) is 54.9 Å². The molecular weight excluding hydrogens is 380 g/mol. The Morgan fingerprint density at radius 3 is 2.38 bits per heavy atom. The quantitative estimate of drug-likeness (QED) is 0.268. The van der Waals surface area contributed by atoms with Crippen molar-refractivity contribution in [2.45, 2.75) is 58.7 Å². The first-order valence-corrected chi connectivity index (χ1v) is 11.6. The van der Waals surface area contributed by atoms with Gasteiger partial charge in [0.15, 0.2) is 11.1 Å². The van der Waals surface area contributed by atoms with Gasteiger partial charge in [0.25, 0.3) is 0 Å². The number of guanidine groups is 1. The molecule has 7 heteroatoms. The van der Waals surface area contributed by atoms with Gasteiger partial charge >= 0.3 is 0 Å². The number of nitrogens with zero attached hydrogens (tertiary/aromatic N) is 4. The van der Waals surface area contributed by atoms with Crippen molar-refractivity contribution < 1.29 is 0 Å². The molecule has 0 unspecified atom stereocenters. The second-order valence-electron chi connectivity index (χ2n) is 7.88. The molecule has 0 saturated carbocycles. The van der Waals surface area contributed by atoms with Crippen LogP contribution in [0.4, 0.5) is 0 Å². The van der Waals surface area contributed by atoms with Crippen LogP contribution in [0, 0.1) is 19.8 Å². The van der Waals surface area contributed by atoms with Crippen LogP contribution in [-0.2, 0) is 19.4 Å². The van der Waals surface area contributed by atoms with Crippen LogP contribution in [0.25, 0.3) is 0 Å². The number of rotatable bonds is 10. The number of hydrogen-bond acceptors (Lipinski definition) is 4. The fourth-order valence-electron chi connectivity index (χ4n) is 3.42. The van der Waals surface area contributed by atoms with Crippen molar-refractivity contribution in [1.29, 1.82) is 0 Å². The number of aliphatic imine (C=N–C) groups is 1. The predicted octanol–water partition coefficient (Wildman–Crippen LogP) is 3.61. The molecule has 1 heterocycles. The molecule has 1 aromatic carbocycles. The number of benzene rings is 1. The van der Waals surface area contributed by atoms with E-state index >= 15 is 0 Å². The molecule has 6 nitrogen and oxygen atoms in total. The van der Waals surface area contributed by atoms with E-state index in [0.29, 0.717) is 5.92 Å². The Hall–Kier alpha value is -2.02. The first-order chi connectivity index (χ1) is 13.9. The molecule has 0 saturated heterocycles. The molecule has 160 valence electrons. The fraction of sp³-hybridized carbons (Fsp3) is 0.591. The smallest absolute Gasteiger partial charge is 0.190 e. The normalized spacial score (nSPS) is 11.9. The second-order valence-corrected chi connectivity index (χ2v) is 8.66. The molecule has 0 fully saturated rings. The lowest BCUT2D eigenvalue weighted by Gasteiger charge is -2.13. The van der Waals surface area contributed by atoms with E-state index < -0.39 is 0 Å². The second kappa shape index (κ2) is 11.9. The van der Waals surface area contributed by atoms with Gasteiger partial charge in [-0.3, -0.25) is 4.99 Å². The van der Waals surface area contributed by atoms with Crippen molar-refractivity contribution in [2.24, 2.45) is 10.9 Å². The highest BCUT2D eigenvalue weighted by Crippen LogP contribution is 2.16. The highest BCUT2D eigenvalue weighted by Gasteiger charge is 2.12. The van der Waals surface area contributed by atoms with Crippen molar-refractivity contribution in [3.05, 3.63) is 40.7 Å². The van der Waals surface area contributed by atoms with Crippen molar-refractivity contribution in [3.8, 4) is 0 Å². The Kier molecular flexibility index (Phi) is 9.51. The highest BCUT2D eigenvalue weighted by atomic mass is 32.2. The van der Waals surface area contributed by atoms with E-state index in [9.17, 15) is 0 Å². The molecule has 0 atom stereocenters. The van der Waals surface area contributed by atoms with Crippen molar-refractivity contribution >= 4 is 17.7 Å². The van der Waals surface area contributed by atoms with E-state index in [-0.39, 0.29) is 0 Å². The Balaban J connectivity index is 1.75. The first-order valence-electron chi connectivity index (χ1n) is 10.4. The summed E-state index contributed by atoms with van der Waals surface area (Å²) in [6.07, 6.45) is 4.94. The molecule has 0 aliphatic rings. The molecular formula is C22H36N6S. The zero-order valence-electron chi connectivity index (χ0n) is 18.7. The maximum Gasteiger partial charge on any atom is 0.190 e. The van der Waals surface area contributed by atoms with Crippen LogP contribution >= 0.6 is 11.8 Å². The molecule has 0 aliphatic heterocycles. The van der Waals surface area contributed by atoms with E-state index in [1.54, 1.807) is 11.8 Å². The van der Waals surface area contributed by atoms with Gasteiger partial charge in [-0.25, -0.2) is 0 Å². The number of thioether (sulfide) groups is 1. The predicted molar refractivity (Wildman–Crippen MR) is 124 cm³/mol. The van der Waals surface area contributed by atoms with Gasteiger partial charge in [-0.2, -0.15) is 0 Å². The molecule has 0 amide bonds. The molecule has 2 rings (SSSR count). The van der Waals surface area contributed by atoms with E-state index in [1.165, 1.54) is 16.7 Å². The largest absolute Gasteiger partial charge is 0.356 e. The molecule has 0 aliphatic carbocycles. The van der Waals surface area contributed by atoms with E-state index in [1.807, 2.05) is 7.05 Å². The summed E-state index contributed by atoms with van der Waals surface area (Å²) in [5, 5.41) is 16.5. The van der Waals surface area contributed by atoms with E-state index in [4.69, 9.17) is 0 Å². The van der Waals surface area contributed by atoms with Gasteiger partial charge in [0, 0.05) is 33.1 Å². The summed E-state index contributed by atoms with van der Waals surface area (Å²) in [6.45, 7) is 11.4. The third-order valence-electron chi connectivity index (χ3n) is 4.60. The number of nitrogens with one attached hydrogen (secondary N) is 2. The molecule has 1 aromatic heterocycles. The molecule has 2 N–H and O–H groups in total. The van der Waals surface area contributed by atoms with Crippen LogP contribution in [0.15, 0.2) is 28.3 Å². The summed E-state index contributed by atoms with van der Waals surface area (Å²) in [7, 11) is 1.82. The standard InChI is InChI=1S/C22H36N6S/c1-16(2)15-28-20(26-27-22(28)29-6)8-7-10-24-21(23-5)25-11-9-19-13-17(3)12-18(4)14-19/h12-14,16H,7-11,15H2,1-6H3,(H2,23,24,25).